The van der Waals surface area contributed by atoms with E-state index < -0.39 is 23.8 Å². The lowest BCUT2D eigenvalue weighted by Crippen LogP contribution is -2.70. The van der Waals surface area contributed by atoms with Gasteiger partial charge in [-0.15, -0.1) is 6.58 Å². The molecule has 0 radical (unpaired) electrons. The number of amides is 2. The number of hydrogen-bond acceptors (Lipinski definition) is 9. The van der Waals surface area contributed by atoms with Crippen LogP contribution >= 0.6 is 0 Å². The first-order chi connectivity index (χ1) is 37.9. The SMILES string of the molecule is C=CCOC12Oc3ccc(OC(=O)NCCCCCCCCCCCC)cc3C3C(CCCCO)C(CCCCO)C=C(C(=NOCc4ccccc4)CC1N(Cc1cccc4ccccc14)C(=O)CCC1CCCC1)C32. The van der Waals surface area contributed by atoms with Crippen molar-refractivity contribution in [3.63, 3.8) is 0 Å². The molecule has 11 nitrogen and oxygen atoms in total. The Kier molecular flexibility index (Phi) is 22.5. The minimum atomic E-state index is -1.43. The van der Waals surface area contributed by atoms with Gasteiger partial charge in [-0.25, -0.2) is 4.79 Å². The molecule has 2 fully saturated rings. The molecule has 11 heteroatoms. The summed E-state index contributed by atoms with van der Waals surface area (Å²) in [6.45, 7) is 7.88. The molecule has 4 aromatic rings. The van der Waals surface area contributed by atoms with Crippen molar-refractivity contribution in [2.75, 3.05) is 26.4 Å². The van der Waals surface area contributed by atoms with Crippen molar-refractivity contribution in [3.05, 3.63) is 132 Å². The smallest absolute Gasteiger partial charge is 0.412 e. The van der Waals surface area contributed by atoms with E-state index in [1.54, 1.807) is 6.08 Å². The van der Waals surface area contributed by atoms with Crippen LogP contribution in [-0.2, 0) is 27.5 Å². The molecule has 1 heterocycles. The second-order valence-corrected chi connectivity index (χ2v) is 22.4. The summed E-state index contributed by atoms with van der Waals surface area (Å²) in [5.74, 6) is -0.550. The molecule has 0 bridgehead atoms. The summed E-state index contributed by atoms with van der Waals surface area (Å²) >= 11 is 0. The third-order valence-electron chi connectivity index (χ3n) is 17.1. The maximum absolute atomic E-state index is 15.6. The second kappa shape index (κ2) is 30.0. The Bertz CT molecular complexity index is 2530. The van der Waals surface area contributed by atoms with Gasteiger partial charge in [0, 0.05) is 50.6 Å². The van der Waals surface area contributed by atoms with Crippen LogP contribution in [0, 0.1) is 23.7 Å². The van der Waals surface area contributed by atoms with Crippen LogP contribution < -0.4 is 14.8 Å². The number of aliphatic hydroxyl groups is 2. The third-order valence-corrected chi connectivity index (χ3v) is 17.1. The normalized spacial score (nSPS) is 22.2. The Hall–Kier alpha value is -5.49. The molecule has 4 aliphatic rings. The number of rotatable bonds is 32. The molecule has 0 spiro atoms. The Morgan fingerprint density at radius 2 is 1.53 bits per heavy atom. The van der Waals surface area contributed by atoms with Crippen LogP contribution in [0.15, 0.2) is 120 Å². The number of fused-ring (bicyclic) bond motifs is 3. The van der Waals surface area contributed by atoms with Crippen molar-refractivity contribution < 1.29 is 38.9 Å². The molecule has 3 aliphatic carbocycles. The zero-order valence-electron chi connectivity index (χ0n) is 46.2. The van der Waals surface area contributed by atoms with E-state index in [-0.39, 0.29) is 50.1 Å². The first-order valence-corrected chi connectivity index (χ1v) is 29.8. The van der Waals surface area contributed by atoms with Gasteiger partial charge in [0.25, 0.3) is 0 Å². The molecule has 77 heavy (non-hydrogen) atoms. The van der Waals surface area contributed by atoms with Crippen LogP contribution in [0.2, 0.25) is 0 Å². The van der Waals surface area contributed by atoms with Gasteiger partial charge in [-0.3, -0.25) is 4.79 Å². The van der Waals surface area contributed by atoms with Gasteiger partial charge in [-0.1, -0.05) is 193 Å². The number of hydrogen-bond donors (Lipinski definition) is 3. The highest BCUT2D eigenvalue weighted by Gasteiger charge is 2.65. The van der Waals surface area contributed by atoms with E-state index in [0.717, 1.165) is 103 Å². The summed E-state index contributed by atoms with van der Waals surface area (Å²) < 4.78 is 21.1. The summed E-state index contributed by atoms with van der Waals surface area (Å²) in [6, 6.07) is 29.8. The topological polar surface area (TPSA) is 139 Å². The maximum Gasteiger partial charge on any atom is 0.412 e. The molecule has 0 aromatic heterocycles. The number of carbonyl (C=O) groups excluding carboxylic acids is 2. The minimum Gasteiger partial charge on any atom is -0.459 e. The third kappa shape index (κ3) is 15.2. The van der Waals surface area contributed by atoms with Crippen LogP contribution in [0.3, 0.4) is 0 Å². The van der Waals surface area contributed by atoms with Gasteiger partial charge in [0.1, 0.15) is 24.1 Å². The number of nitrogens with one attached hydrogen (secondary N) is 1. The molecule has 8 rings (SSSR count). The fraction of sp³-hybridized carbons (Fsp3) is 0.561. The van der Waals surface area contributed by atoms with Crippen molar-refractivity contribution in [2.45, 2.75) is 186 Å². The Labute approximate surface area is 459 Å². The molecule has 1 aliphatic heterocycles. The Morgan fingerprint density at radius 1 is 0.818 bits per heavy atom. The van der Waals surface area contributed by atoms with E-state index in [1.807, 2.05) is 48.5 Å². The number of carbonyl (C=O) groups is 2. The molecule has 2 saturated carbocycles. The van der Waals surface area contributed by atoms with Crippen LogP contribution in [0.4, 0.5) is 4.79 Å². The highest BCUT2D eigenvalue weighted by atomic mass is 16.7. The van der Waals surface area contributed by atoms with Crippen LogP contribution in [0.5, 0.6) is 11.5 Å². The van der Waals surface area contributed by atoms with Crippen molar-refractivity contribution in [1.82, 2.24) is 10.2 Å². The molecule has 6 atom stereocenters. The predicted molar refractivity (Wildman–Crippen MR) is 308 cm³/mol. The van der Waals surface area contributed by atoms with Gasteiger partial charge in [0.2, 0.25) is 11.7 Å². The maximum atomic E-state index is 15.6. The van der Waals surface area contributed by atoms with Gasteiger partial charge < -0.3 is 39.5 Å². The van der Waals surface area contributed by atoms with E-state index in [4.69, 9.17) is 24.2 Å². The second-order valence-electron chi connectivity index (χ2n) is 22.4. The highest BCUT2D eigenvalue weighted by Crippen LogP contribution is 2.62. The molecular formula is C66H89N3O8. The summed E-state index contributed by atoms with van der Waals surface area (Å²) in [4.78, 5) is 37.6. The average molecular weight is 1050 g/mol. The fourth-order valence-electron chi connectivity index (χ4n) is 13.2. The predicted octanol–water partition coefficient (Wildman–Crippen LogP) is 14.7. The first-order valence-electron chi connectivity index (χ1n) is 29.8. The zero-order valence-corrected chi connectivity index (χ0v) is 46.2. The van der Waals surface area contributed by atoms with Gasteiger partial charge in [-0.2, -0.15) is 0 Å². The lowest BCUT2D eigenvalue weighted by atomic mass is 9.55. The Morgan fingerprint density at radius 3 is 2.29 bits per heavy atom. The van der Waals surface area contributed by atoms with Gasteiger partial charge in [0.05, 0.1) is 18.2 Å². The largest absolute Gasteiger partial charge is 0.459 e. The summed E-state index contributed by atoms with van der Waals surface area (Å²) in [5.41, 5.74) is 4.64. The number of aliphatic hydroxyl groups excluding tert-OH is 2. The lowest BCUT2D eigenvalue weighted by Gasteiger charge is -2.60. The summed E-state index contributed by atoms with van der Waals surface area (Å²) in [6.07, 6.45) is 26.5. The number of allylic oxidation sites excluding steroid dienone is 1. The molecule has 4 aromatic carbocycles. The van der Waals surface area contributed by atoms with Gasteiger partial charge in [0.15, 0.2) is 0 Å². The number of ether oxygens (including phenoxy) is 3. The van der Waals surface area contributed by atoms with E-state index >= 15 is 4.79 Å². The van der Waals surface area contributed by atoms with E-state index in [2.05, 4.69) is 72.3 Å². The number of oxime groups is 1. The molecule has 3 N–H and O–H groups in total. The van der Waals surface area contributed by atoms with E-state index in [1.165, 1.54) is 57.8 Å². The monoisotopic (exact) mass is 1050 g/mol. The molecule has 2 amide bonds. The highest BCUT2D eigenvalue weighted by molar-refractivity contribution is 6.03. The lowest BCUT2D eigenvalue weighted by molar-refractivity contribution is -0.258. The van der Waals surface area contributed by atoms with E-state index in [9.17, 15) is 15.0 Å². The van der Waals surface area contributed by atoms with Crippen LogP contribution in [-0.4, -0.2) is 71.0 Å². The molecular weight excluding hydrogens is 963 g/mol. The average Bonchev–Trinajstić information content (AvgIpc) is 4.08. The standard InChI is InChI=1S/C66H89N3O8/c1-3-5-6-7-8-9-10-11-12-22-40-67-65(73)76-54-37-38-60-58(45-54)63-56(35-21-24-42-71)52(31-20-23-41-70)44-57-59(68-75-48-50-28-14-13-15-29-50)46-61(66(77-60,64(57)63)74-43-4-2)69(62(72)39-36-49-26-16-17-27-49)47-53-33-25-32-51-30-18-19-34-55(51)53/h4,13-15,18-19,25,28-30,32-34,37-38,44-45,49,52,56,61,63-64,70-71H,2-3,5-12,16-17,20-24,26-27,31,35-36,39-43,46-48H2,1H3,(H,67,73). The van der Waals surface area contributed by atoms with Gasteiger partial charge >= 0.3 is 6.09 Å². The van der Waals surface area contributed by atoms with Crippen molar-refractivity contribution in [1.29, 1.82) is 0 Å². The van der Waals surface area contributed by atoms with Crippen LogP contribution in [0.1, 0.15) is 177 Å². The quantitative estimate of drug-likeness (QED) is 0.0250. The Balaban J connectivity index is 1.21. The summed E-state index contributed by atoms with van der Waals surface area (Å²) in [7, 11) is 0. The van der Waals surface area contributed by atoms with Crippen molar-refractivity contribution in [2.24, 2.45) is 28.8 Å². The van der Waals surface area contributed by atoms with Crippen molar-refractivity contribution >= 4 is 28.5 Å². The zero-order chi connectivity index (χ0) is 53.7. The molecule has 416 valence electrons. The van der Waals surface area contributed by atoms with E-state index in [0.29, 0.717) is 56.2 Å². The summed E-state index contributed by atoms with van der Waals surface area (Å²) in [5, 5.41) is 30.6. The van der Waals surface area contributed by atoms with Crippen molar-refractivity contribution in [3.8, 4) is 11.5 Å². The minimum absolute atomic E-state index is 0.0126. The molecule has 0 saturated heterocycles. The number of unbranched alkanes of at least 4 members (excludes halogenated alkanes) is 11. The first kappa shape index (κ1) is 57.7. The number of benzene rings is 4. The fourth-order valence-corrected chi connectivity index (χ4v) is 13.2. The number of nitrogens with zero attached hydrogens (tertiary/aromatic N) is 2. The van der Waals surface area contributed by atoms with Gasteiger partial charge in [-0.05, 0) is 102 Å². The molecule has 6 unspecified atom stereocenters. The van der Waals surface area contributed by atoms with Crippen LogP contribution in [0.25, 0.3) is 10.8 Å².